The Hall–Kier alpha value is -1.26. The Morgan fingerprint density at radius 1 is 1.22 bits per heavy atom. The van der Waals surface area contributed by atoms with Crippen molar-refractivity contribution >= 4 is 0 Å². The summed E-state index contributed by atoms with van der Waals surface area (Å²) in [5.41, 5.74) is 1.13. The van der Waals surface area contributed by atoms with Crippen LogP contribution < -0.4 is 14.8 Å². The van der Waals surface area contributed by atoms with Crippen LogP contribution in [0.2, 0.25) is 0 Å². The van der Waals surface area contributed by atoms with Gasteiger partial charge < -0.3 is 19.9 Å². The summed E-state index contributed by atoms with van der Waals surface area (Å²) >= 11 is 0. The summed E-state index contributed by atoms with van der Waals surface area (Å²) in [5.74, 6) is 1.67. The Kier molecular flexibility index (Phi) is 7.22. The van der Waals surface area contributed by atoms with E-state index in [0.29, 0.717) is 6.61 Å². The van der Waals surface area contributed by atoms with Gasteiger partial charge in [-0.1, -0.05) is 6.07 Å². The average Bonchev–Trinajstić information content (AvgIpc) is 2.40. The molecule has 0 fully saturated rings. The van der Waals surface area contributed by atoms with Crippen molar-refractivity contribution in [2.24, 2.45) is 0 Å². The van der Waals surface area contributed by atoms with Crippen LogP contribution in [0.5, 0.6) is 11.5 Å². The Bertz CT molecular complexity index is 342. The van der Waals surface area contributed by atoms with Gasteiger partial charge in [-0.05, 0) is 32.4 Å². The van der Waals surface area contributed by atoms with Crippen molar-refractivity contribution in [3.63, 3.8) is 0 Å². The molecule has 1 aromatic carbocycles. The summed E-state index contributed by atoms with van der Waals surface area (Å²) in [6.07, 6.45) is 2.78. The van der Waals surface area contributed by atoms with Crippen LogP contribution in [0.15, 0.2) is 18.2 Å². The molecule has 1 aromatic rings. The fourth-order valence-corrected chi connectivity index (χ4v) is 1.71. The standard InChI is InChI=1S/C14H23NO3/c1-15-11-12-6-7-13(17-2)10-14(12)18-9-5-3-4-8-16/h6-7,10,15-16H,3-5,8-9,11H2,1-2H3. The molecule has 0 aliphatic carbocycles. The predicted octanol–water partition coefficient (Wildman–Crippen LogP) is 1.96. The molecule has 0 amide bonds. The molecule has 0 saturated carbocycles. The highest BCUT2D eigenvalue weighted by Gasteiger charge is 2.05. The first kappa shape index (κ1) is 14.8. The largest absolute Gasteiger partial charge is 0.497 e. The molecule has 0 heterocycles. The molecule has 0 atom stereocenters. The maximum atomic E-state index is 8.70. The van der Waals surface area contributed by atoms with Gasteiger partial charge in [0.15, 0.2) is 0 Å². The summed E-state index contributed by atoms with van der Waals surface area (Å²) < 4.78 is 11.0. The van der Waals surface area contributed by atoms with Crippen LogP contribution in [-0.2, 0) is 6.54 Å². The van der Waals surface area contributed by atoms with Gasteiger partial charge in [0.2, 0.25) is 0 Å². The highest BCUT2D eigenvalue weighted by atomic mass is 16.5. The van der Waals surface area contributed by atoms with Gasteiger partial charge in [0.25, 0.3) is 0 Å². The molecule has 0 radical (unpaired) electrons. The van der Waals surface area contributed by atoms with Gasteiger partial charge in [0.05, 0.1) is 13.7 Å². The van der Waals surface area contributed by atoms with E-state index in [-0.39, 0.29) is 6.61 Å². The molecule has 0 aliphatic rings. The van der Waals surface area contributed by atoms with E-state index in [4.69, 9.17) is 14.6 Å². The fourth-order valence-electron chi connectivity index (χ4n) is 1.71. The Labute approximate surface area is 109 Å². The molecule has 0 aliphatic heterocycles. The van der Waals surface area contributed by atoms with Crippen molar-refractivity contribution in [1.29, 1.82) is 0 Å². The highest BCUT2D eigenvalue weighted by molar-refractivity contribution is 5.40. The minimum atomic E-state index is 0.254. The van der Waals surface area contributed by atoms with Gasteiger partial charge in [-0.15, -0.1) is 0 Å². The number of methoxy groups -OCH3 is 1. The third-order valence-electron chi connectivity index (χ3n) is 2.70. The molecule has 1 rings (SSSR count). The minimum Gasteiger partial charge on any atom is -0.497 e. The maximum Gasteiger partial charge on any atom is 0.127 e. The molecule has 4 nitrogen and oxygen atoms in total. The first-order chi connectivity index (χ1) is 8.81. The molecule has 102 valence electrons. The zero-order valence-electron chi connectivity index (χ0n) is 11.2. The zero-order valence-corrected chi connectivity index (χ0v) is 11.2. The maximum absolute atomic E-state index is 8.70. The number of rotatable bonds is 9. The molecule has 0 unspecified atom stereocenters. The monoisotopic (exact) mass is 253 g/mol. The summed E-state index contributed by atoms with van der Waals surface area (Å²) in [6, 6.07) is 5.86. The second kappa shape index (κ2) is 8.78. The molecule has 0 bridgehead atoms. The smallest absolute Gasteiger partial charge is 0.127 e. The van der Waals surface area contributed by atoms with E-state index in [1.165, 1.54) is 0 Å². The van der Waals surface area contributed by atoms with Crippen LogP contribution >= 0.6 is 0 Å². The number of aliphatic hydroxyl groups is 1. The van der Waals surface area contributed by atoms with E-state index >= 15 is 0 Å². The minimum absolute atomic E-state index is 0.254. The third-order valence-corrected chi connectivity index (χ3v) is 2.70. The number of ether oxygens (including phenoxy) is 2. The van der Waals surface area contributed by atoms with Crippen LogP contribution in [0.3, 0.4) is 0 Å². The van der Waals surface area contributed by atoms with E-state index in [1.807, 2.05) is 25.2 Å². The van der Waals surface area contributed by atoms with Crippen molar-refractivity contribution < 1.29 is 14.6 Å². The van der Waals surface area contributed by atoms with Gasteiger partial charge in [-0.2, -0.15) is 0 Å². The summed E-state index contributed by atoms with van der Waals surface area (Å²) in [4.78, 5) is 0. The van der Waals surface area contributed by atoms with Crippen LogP contribution in [-0.4, -0.2) is 32.5 Å². The number of nitrogens with one attached hydrogen (secondary N) is 1. The van der Waals surface area contributed by atoms with Crippen LogP contribution in [0.25, 0.3) is 0 Å². The first-order valence-corrected chi connectivity index (χ1v) is 6.37. The molecule has 18 heavy (non-hydrogen) atoms. The number of benzene rings is 1. The lowest BCUT2D eigenvalue weighted by Gasteiger charge is -2.12. The average molecular weight is 253 g/mol. The number of hydrogen-bond donors (Lipinski definition) is 2. The molecule has 2 N–H and O–H groups in total. The van der Waals surface area contributed by atoms with Gasteiger partial charge in [0, 0.05) is 24.8 Å². The summed E-state index contributed by atoms with van der Waals surface area (Å²) in [5, 5.41) is 11.8. The first-order valence-electron chi connectivity index (χ1n) is 6.37. The van der Waals surface area contributed by atoms with Crippen LogP contribution in [0, 0.1) is 0 Å². The molecular formula is C14H23NO3. The van der Waals surface area contributed by atoms with E-state index in [0.717, 1.165) is 42.9 Å². The van der Waals surface area contributed by atoms with Gasteiger partial charge in [0.1, 0.15) is 11.5 Å². The van der Waals surface area contributed by atoms with Crippen molar-refractivity contribution in [1.82, 2.24) is 5.32 Å². The second-order valence-corrected chi connectivity index (χ2v) is 4.14. The Morgan fingerprint density at radius 2 is 2.06 bits per heavy atom. The topological polar surface area (TPSA) is 50.7 Å². The third kappa shape index (κ3) is 4.94. The van der Waals surface area contributed by atoms with Crippen molar-refractivity contribution in [3.8, 4) is 11.5 Å². The van der Waals surface area contributed by atoms with Crippen molar-refractivity contribution in [3.05, 3.63) is 23.8 Å². The van der Waals surface area contributed by atoms with Gasteiger partial charge in [-0.3, -0.25) is 0 Å². The van der Waals surface area contributed by atoms with E-state index in [1.54, 1.807) is 7.11 Å². The quantitative estimate of drug-likeness (QED) is 0.661. The number of unbranched alkanes of at least 4 members (excludes halogenated alkanes) is 2. The van der Waals surface area contributed by atoms with Crippen LogP contribution in [0.4, 0.5) is 0 Å². The molecular weight excluding hydrogens is 230 g/mol. The Balaban J connectivity index is 2.54. The highest BCUT2D eigenvalue weighted by Crippen LogP contribution is 2.25. The van der Waals surface area contributed by atoms with Gasteiger partial charge in [-0.25, -0.2) is 0 Å². The van der Waals surface area contributed by atoms with E-state index in [2.05, 4.69) is 5.32 Å². The Morgan fingerprint density at radius 3 is 2.72 bits per heavy atom. The molecule has 0 saturated heterocycles. The van der Waals surface area contributed by atoms with E-state index < -0.39 is 0 Å². The normalized spacial score (nSPS) is 10.4. The zero-order chi connectivity index (χ0) is 13.2. The van der Waals surface area contributed by atoms with Crippen molar-refractivity contribution in [2.75, 3.05) is 27.4 Å². The lowest BCUT2D eigenvalue weighted by atomic mass is 10.2. The molecule has 4 heteroatoms. The van der Waals surface area contributed by atoms with Crippen LogP contribution in [0.1, 0.15) is 24.8 Å². The molecule has 0 aromatic heterocycles. The lowest BCUT2D eigenvalue weighted by Crippen LogP contribution is -2.08. The lowest BCUT2D eigenvalue weighted by molar-refractivity contribution is 0.264. The fraction of sp³-hybridized carbons (Fsp3) is 0.571. The number of hydrogen-bond acceptors (Lipinski definition) is 4. The number of aliphatic hydroxyl groups excluding tert-OH is 1. The molecule has 0 spiro atoms. The van der Waals surface area contributed by atoms with Crippen molar-refractivity contribution in [2.45, 2.75) is 25.8 Å². The second-order valence-electron chi connectivity index (χ2n) is 4.14. The summed E-state index contributed by atoms with van der Waals surface area (Å²) in [7, 11) is 3.56. The van der Waals surface area contributed by atoms with Gasteiger partial charge >= 0.3 is 0 Å². The summed E-state index contributed by atoms with van der Waals surface area (Å²) in [6.45, 7) is 1.70. The SMILES string of the molecule is CNCc1ccc(OC)cc1OCCCCCO. The predicted molar refractivity (Wildman–Crippen MR) is 72.2 cm³/mol. The van der Waals surface area contributed by atoms with E-state index in [9.17, 15) is 0 Å².